The van der Waals surface area contributed by atoms with Crippen molar-refractivity contribution in [2.45, 2.75) is 45.6 Å². The lowest BCUT2D eigenvalue weighted by molar-refractivity contribution is -0.150. The van der Waals surface area contributed by atoms with Gasteiger partial charge in [0.15, 0.2) is 0 Å². The molecule has 2 fully saturated rings. The number of amides is 3. The lowest BCUT2D eigenvalue weighted by Crippen LogP contribution is -2.62. The van der Waals surface area contributed by atoms with Crippen LogP contribution in [-0.2, 0) is 14.3 Å². The zero-order valence-electron chi connectivity index (χ0n) is 18.9. The van der Waals surface area contributed by atoms with Crippen LogP contribution in [0.4, 0.5) is 4.79 Å². The minimum atomic E-state index is -0.989. The SMILES string of the molecule is COC(=O)N1CC2(CC2)C[C@H](C(=O)NO)[C@H]1C(=O)N1CC=C(c2cc(C)cc(C)c2)CC1. The summed E-state index contributed by atoms with van der Waals surface area (Å²) in [6.45, 7) is 5.44. The van der Waals surface area contributed by atoms with Gasteiger partial charge in [-0.15, -0.1) is 0 Å². The molecule has 1 spiro atoms. The summed E-state index contributed by atoms with van der Waals surface area (Å²) in [4.78, 5) is 41.7. The van der Waals surface area contributed by atoms with Gasteiger partial charge in [-0.2, -0.15) is 0 Å². The molecule has 1 aliphatic carbocycles. The molecule has 1 aromatic rings. The van der Waals surface area contributed by atoms with Crippen LogP contribution in [0.25, 0.3) is 5.57 Å². The third kappa shape index (κ3) is 4.24. The maximum Gasteiger partial charge on any atom is 0.410 e. The molecular weight excluding hydrogens is 410 g/mol. The van der Waals surface area contributed by atoms with Gasteiger partial charge in [-0.1, -0.05) is 35.4 Å². The van der Waals surface area contributed by atoms with E-state index in [1.807, 2.05) is 6.08 Å². The van der Waals surface area contributed by atoms with Crippen LogP contribution in [0.3, 0.4) is 0 Å². The smallest absolute Gasteiger partial charge is 0.410 e. The van der Waals surface area contributed by atoms with E-state index in [4.69, 9.17) is 4.74 Å². The molecule has 172 valence electrons. The molecule has 8 nitrogen and oxygen atoms in total. The first-order valence-corrected chi connectivity index (χ1v) is 11.1. The van der Waals surface area contributed by atoms with Crippen molar-refractivity contribution in [3.05, 3.63) is 41.0 Å². The molecule has 1 saturated carbocycles. The maximum atomic E-state index is 13.6. The minimum absolute atomic E-state index is 0.167. The molecule has 0 aromatic heterocycles. The van der Waals surface area contributed by atoms with Gasteiger partial charge < -0.3 is 9.64 Å². The molecule has 1 aromatic carbocycles. The first-order valence-electron chi connectivity index (χ1n) is 11.1. The van der Waals surface area contributed by atoms with E-state index in [1.165, 1.54) is 28.7 Å². The van der Waals surface area contributed by atoms with Gasteiger partial charge in [-0.3, -0.25) is 19.7 Å². The number of piperidine rings is 1. The molecule has 0 bridgehead atoms. The van der Waals surface area contributed by atoms with E-state index in [0.29, 0.717) is 32.5 Å². The second-order valence-electron chi connectivity index (χ2n) is 9.47. The molecule has 2 aliphatic heterocycles. The summed E-state index contributed by atoms with van der Waals surface area (Å²) in [5.74, 6) is -1.73. The van der Waals surface area contributed by atoms with Crippen molar-refractivity contribution in [3.8, 4) is 0 Å². The fourth-order valence-corrected chi connectivity index (χ4v) is 5.26. The summed E-state index contributed by atoms with van der Waals surface area (Å²) in [7, 11) is 1.28. The molecule has 3 aliphatic rings. The first kappa shape index (κ1) is 22.3. The van der Waals surface area contributed by atoms with Crippen LogP contribution in [0, 0.1) is 25.2 Å². The van der Waals surface area contributed by atoms with Crippen LogP contribution in [0.15, 0.2) is 24.3 Å². The molecule has 0 unspecified atom stereocenters. The van der Waals surface area contributed by atoms with Gasteiger partial charge in [-0.25, -0.2) is 10.3 Å². The van der Waals surface area contributed by atoms with E-state index in [9.17, 15) is 19.6 Å². The Morgan fingerprint density at radius 1 is 1.16 bits per heavy atom. The Balaban J connectivity index is 1.57. The summed E-state index contributed by atoms with van der Waals surface area (Å²) in [5, 5.41) is 9.31. The largest absolute Gasteiger partial charge is 0.453 e. The zero-order chi connectivity index (χ0) is 23.0. The number of carbonyl (C=O) groups is 3. The topological polar surface area (TPSA) is 99.2 Å². The molecule has 32 heavy (non-hydrogen) atoms. The predicted molar refractivity (Wildman–Crippen MR) is 118 cm³/mol. The van der Waals surface area contributed by atoms with E-state index in [1.54, 1.807) is 10.4 Å². The Labute approximate surface area is 188 Å². The van der Waals surface area contributed by atoms with Gasteiger partial charge in [0.2, 0.25) is 11.8 Å². The fourth-order valence-electron chi connectivity index (χ4n) is 5.26. The molecule has 1 saturated heterocycles. The average molecular weight is 442 g/mol. The van der Waals surface area contributed by atoms with Gasteiger partial charge in [0, 0.05) is 19.6 Å². The van der Waals surface area contributed by atoms with Crippen LogP contribution in [0.2, 0.25) is 0 Å². The molecular formula is C24H31N3O5. The Hall–Kier alpha value is -2.87. The Morgan fingerprint density at radius 3 is 2.38 bits per heavy atom. The number of methoxy groups -OCH3 is 1. The average Bonchev–Trinajstić information content (AvgIpc) is 3.54. The van der Waals surface area contributed by atoms with Crippen molar-refractivity contribution in [1.29, 1.82) is 0 Å². The second-order valence-corrected chi connectivity index (χ2v) is 9.47. The van der Waals surface area contributed by atoms with Crippen LogP contribution in [-0.4, -0.2) is 65.7 Å². The number of aryl methyl sites for hydroxylation is 2. The van der Waals surface area contributed by atoms with E-state index in [2.05, 4.69) is 32.0 Å². The van der Waals surface area contributed by atoms with E-state index >= 15 is 0 Å². The molecule has 3 amide bonds. The van der Waals surface area contributed by atoms with Crippen LogP contribution in [0.1, 0.15) is 42.4 Å². The number of nitrogens with zero attached hydrogens (tertiary/aromatic N) is 2. The fraction of sp³-hybridized carbons (Fsp3) is 0.542. The third-order valence-electron chi connectivity index (χ3n) is 7.06. The number of likely N-dealkylation sites (tertiary alicyclic amines) is 1. The first-order chi connectivity index (χ1) is 15.3. The normalized spacial score (nSPS) is 24.1. The number of hydroxylamine groups is 1. The number of nitrogens with one attached hydrogen (secondary N) is 1. The predicted octanol–water partition coefficient (Wildman–Crippen LogP) is 2.66. The van der Waals surface area contributed by atoms with Gasteiger partial charge in [0.25, 0.3) is 0 Å². The number of carbonyl (C=O) groups excluding carboxylic acids is 3. The van der Waals surface area contributed by atoms with Crippen molar-refractivity contribution < 1.29 is 24.3 Å². The molecule has 2 atom stereocenters. The molecule has 2 N–H and O–H groups in total. The number of hydrogen-bond acceptors (Lipinski definition) is 5. The van der Waals surface area contributed by atoms with Crippen molar-refractivity contribution in [1.82, 2.24) is 15.3 Å². The monoisotopic (exact) mass is 441 g/mol. The number of rotatable bonds is 3. The Morgan fingerprint density at radius 2 is 1.84 bits per heavy atom. The van der Waals surface area contributed by atoms with E-state index in [0.717, 1.165) is 18.4 Å². The number of hydrogen-bond donors (Lipinski definition) is 2. The van der Waals surface area contributed by atoms with Crippen molar-refractivity contribution in [2.24, 2.45) is 11.3 Å². The number of ether oxygens (including phenoxy) is 1. The number of benzene rings is 1. The molecule has 2 heterocycles. The van der Waals surface area contributed by atoms with Gasteiger partial charge in [0.1, 0.15) is 6.04 Å². The highest BCUT2D eigenvalue weighted by molar-refractivity contribution is 5.93. The van der Waals surface area contributed by atoms with Crippen molar-refractivity contribution in [3.63, 3.8) is 0 Å². The van der Waals surface area contributed by atoms with Gasteiger partial charge in [-0.05, 0) is 56.1 Å². The summed E-state index contributed by atoms with van der Waals surface area (Å²) in [5.41, 5.74) is 6.28. The summed E-state index contributed by atoms with van der Waals surface area (Å²) >= 11 is 0. The highest BCUT2D eigenvalue weighted by Crippen LogP contribution is 2.55. The third-order valence-corrected chi connectivity index (χ3v) is 7.06. The summed E-state index contributed by atoms with van der Waals surface area (Å²) in [6.07, 6.45) is 4.38. The zero-order valence-corrected chi connectivity index (χ0v) is 18.9. The lowest BCUT2D eigenvalue weighted by Gasteiger charge is -2.44. The summed E-state index contributed by atoms with van der Waals surface area (Å²) in [6, 6.07) is 5.43. The van der Waals surface area contributed by atoms with Crippen LogP contribution >= 0.6 is 0 Å². The second kappa shape index (κ2) is 8.58. The highest BCUT2D eigenvalue weighted by Gasteiger charge is 2.57. The molecule has 4 rings (SSSR count). The van der Waals surface area contributed by atoms with E-state index < -0.39 is 24.0 Å². The Bertz CT molecular complexity index is 920. The van der Waals surface area contributed by atoms with Crippen molar-refractivity contribution in [2.75, 3.05) is 26.7 Å². The van der Waals surface area contributed by atoms with Crippen LogP contribution < -0.4 is 5.48 Å². The minimum Gasteiger partial charge on any atom is -0.453 e. The molecule has 0 radical (unpaired) electrons. The van der Waals surface area contributed by atoms with Crippen LogP contribution in [0.5, 0.6) is 0 Å². The van der Waals surface area contributed by atoms with Crippen molar-refractivity contribution >= 4 is 23.5 Å². The standard InChI is InChI=1S/C24H31N3O5/c1-15-10-16(2)12-18(11-15)17-4-8-26(9-5-17)22(29)20-19(21(28)25-31)13-24(6-7-24)14-27(20)23(30)32-3/h4,10-12,19-20,31H,5-9,13-14H2,1-3H3,(H,25,28)/t19-,20-/m0/s1. The van der Waals surface area contributed by atoms with Gasteiger partial charge in [0.05, 0.1) is 13.0 Å². The van der Waals surface area contributed by atoms with Gasteiger partial charge >= 0.3 is 6.09 Å². The maximum absolute atomic E-state index is 13.6. The quantitative estimate of drug-likeness (QED) is 0.555. The molecule has 8 heteroatoms. The summed E-state index contributed by atoms with van der Waals surface area (Å²) < 4.78 is 4.95. The Kier molecular flexibility index (Phi) is 5.99. The lowest BCUT2D eigenvalue weighted by atomic mass is 9.79. The highest BCUT2D eigenvalue weighted by atomic mass is 16.5. The van der Waals surface area contributed by atoms with E-state index in [-0.39, 0.29) is 11.3 Å².